The third-order valence-electron chi connectivity index (χ3n) is 1.87. The minimum Gasteiger partial charge on any atom is -0.297 e. The summed E-state index contributed by atoms with van der Waals surface area (Å²) in [4.78, 5) is 20.9. The van der Waals surface area contributed by atoms with E-state index in [2.05, 4.69) is 16.6 Å². The molecular weight excluding hydrogens is 222 g/mol. The van der Waals surface area contributed by atoms with Crippen molar-refractivity contribution < 1.29 is 4.79 Å². The lowest BCUT2D eigenvalue weighted by Gasteiger charge is -2.23. The van der Waals surface area contributed by atoms with E-state index in [-0.39, 0.29) is 6.04 Å². The van der Waals surface area contributed by atoms with Crippen LogP contribution in [0.3, 0.4) is 0 Å². The Bertz CT molecular complexity index is 321. The molecule has 0 heterocycles. The number of rotatable bonds is 3. The summed E-state index contributed by atoms with van der Waals surface area (Å²) in [6, 6.07) is 0.0490. The number of hydrogen-bond donors (Lipinski definition) is 0. The number of aliphatic imine (C=N–C) groups is 2. The molecule has 0 radical (unpaired) electrons. The Kier molecular flexibility index (Phi) is 6.72. The summed E-state index contributed by atoms with van der Waals surface area (Å²) >= 11 is 1.43. The summed E-state index contributed by atoms with van der Waals surface area (Å²) in [5, 5.41) is 0.630. The number of amides is 1. The molecule has 0 spiro atoms. The summed E-state index contributed by atoms with van der Waals surface area (Å²) in [5.41, 5.74) is 0.746. The van der Waals surface area contributed by atoms with Crippen LogP contribution in [0.15, 0.2) is 22.1 Å². The van der Waals surface area contributed by atoms with Gasteiger partial charge in [0.1, 0.15) is 5.84 Å². The van der Waals surface area contributed by atoms with E-state index in [1.807, 2.05) is 27.0 Å². The number of thioether (sulfide) groups is 1. The molecule has 0 bridgehead atoms. The van der Waals surface area contributed by atoms with Crippen molar-refractivity contribution in [2.45, 2.75) is 26.8 Å². The van der Waals surface area contributed by atoms with E-state index < -0.39 is 0 Å². The molecule has 0 aliphatic rings. The lowest BCUT2D eigenvalue weighted by atomic mass is 10.2. The van der Waals surface area contributed by atoms with E-state index in [1.54, 1.807) is 11.9 Å². The molecule has 0 aromatic rings. The largest absolute Gasteiger partial charge is 0.297 e. The molecule has 0 aromatic carbocycles. The summed E-state index contributed by atoms with van der Waals surface area (Å²) in [7, 11) is 1.67. The number of amidine groups is 2. The van der Waals surface area contributed by atoms with Crippen molar-refractivity contribution >= 4 is 29.2 Å². The number of carbonyl (C=O) groups excluding carboxylic acids is 1. The Labute approximate surface area is 102 Å². The van der Waals surface area contributed by atoms with Crippen LogP contribution in [0, 0.1) is 0 Å². The van der Waals surface area contributed by atoms with Crippen molar-refractivity contribution in [2.24, 2.45) is 9.98 Å². The average molecular weight is 241 g/mol. The van der Waals surface area contributed by atoms with Crippen molar-refractivity contribution in [1.82, 2.24) is 4.90 Å². The zero-order chi connectivity index (χ0) is 12.7. The molecule has 0 saturated carbocycles. The summed E-state index contributed by atoms with van der Waals surface area (Å²) < 4.78 is 0. The van der Waals surface area contributed by atoms with Gasteiger partial charge in [0.15, 0.2) is 5.17 Å². The molecule has 5 heteroatoms. The maximum absolute atomic E-state index is 11.0. The Morgan fingerprint density at radius 3 is 2.31 bits per heavy atom. The fourth-order valence-electron chi connectivity index (χ4n) is 1.07. The van der Waals surface area contributed by atoms with Gasteiger partial charge in [-0.3, -0.25) is 14.7 Å². The molecule has 0 fully saturated rings. The van der Waals surface area contributed by atoms with Gasteiger partial charge in [-0.15, -0.1) is 0 Å². The van der Waals surface area contributed by atoms with Crippen LogP contribution in [0.1, 0.15) is 20.8 Å². The van der Waals surface area contributed by atoms with Gasteiger partial charge in [-0.25, -0.2) is 4.99 Å². The quantitative estimate of drug-likeness (QED) is 0.432. The predicted octanol–water partition coefficient (Wildman–Crippen LogP) is 2.18. The van der Waals surface area contributed by atoms with Crippen molar-refractivity contribution in [3.05, 3.63) is 12.2 Å². The average Bonchev–Trinajstić information content (AvgIpc) is 2.23. The molecule has 0 aromatic heterocycles. The minimum absolute atomic E-state index is 0.0490. The van der Waals surface area contributed by atoms with Gasteiger partial charge in [-0.2, -0.15) is 0 Å². The highest BCUT2D eigenvalue weighted by atomic mass is 32.2. The zero-order valence-electron chi connectivity index (χ0n) is 10.5. The second kappa shape index (κ2) is 7.22. The summed E-state index contributed by atoms with van der Waals surface area (Å²) in [6.45, 7) is 9.51. The first kappa shape index (κ1) is 14.9. The molecule has 1 amide bonds. The zero-order valence-corrected chi connectivity index (χ0v) is 11.3. The van der Waals surface area contributed by atoms with E-state index >= 15 is 0 Å². The van der Waals surface area contributed by atoms with Gasteiger partial charge in [0.2, 0.25) is 6.41 Å². The number of carbonyl (C=O) groups is 1. The van der Waals surface area contributed by atoms with Gasteiger partial charge < -0.3 is 0 Å². The lowest BCUT2D eigenvalue weighted by molar-refractivity contribution is -0.115. The highest BCUT2D eigenvalue weighted by Crippen LogP contribution is 2.08. The van der Waals surface area contributed by atoms with Crippen LogP contribution >= 0.6 is 11.8 Å². The molecule has 0 N–H and O–H groups in total. The molecule has 0 aliphatic heterocycles. The first-order valence-electron chi connectivity index (χ1n) is 4.96. The number of nitrogens with zero attached hydrogens (tertiary/aromatic N) is 3. The highest BCUT2D eigenvalue weighted by molar-refractivity contribution is 8.13. The topological polar surface area (TPSA) is 45.0 Å². The second-order valence-electron chi connectivity index (χ2n) is 3.53. The van der Waals surface area contributed by atoms with Gasteiger partial charge in [-0.1, -0.05) is 18.3 Å². The van der Waals surface area contributed by atoms with Crippen LogP contribution in [-0.2, 0) is 4.79 Å². The van der Waals surface area contributed by atoms with Gasteiger partial charge in [0.25, 0.3) is 0 Å². The van der Waals surface area contributed by atoms with Gasteiger partial charge >= 0.3 is 0 Å². The third kappa shape index (κ3) is 4.18. The first-order valence-corrected chi connectivity index (χ1v) is 6.19. The SMILES string of the molecule is C=C(C)/C(=N\C(=NC)SC)N(C=O)C(C)C. The molecule has 4 nitrogen and oxygen atoms in total. The van der Waals surface area contributed by atoms with Crippen LogP contribution in [0.2, 0.25) is 0 Å². The fourth-order valence-corrected chi connectivity index (χ4v) is 1.43. The van der Waals surface area contributed by atoms with Gasteiger partial charge in [0.05, 0.1) is 0 Å². The smallest absolute Gasteiger partial charge is 0.215 e. The van der Waals surface area contributed by atoms with Gasteiger partial charge in [-0.05, 0) is 32.6 Å². The molecule has 0 saturated heterocycles. The molecule has 90 valence electrons. The monoisotopic (exact) mass is 241 g/mol. The second-order valence-corrected chi connectivity index (χ2v) is 4.31. The number of hydrogen-bond acceptors (Lipinski definition) is 3. The molecule has 0 aliphatic carbocycles. The fraction of sp³-hybridized carbons (Fsp3) is 0.545. The maximum atomic E-state index is 11.0. The minimum atomic E-state index is 0.0490. The van der Waals surface area contributed by atoms with Crippen LogP contribution in [0.5, 0.6) is 0 Å². The Hall–Kier alpha value is -1.10. The van der Waals surface area contributed by atoms with Gasteiger partial charge in [0, 0.05) is 13.1 Å². The standard InChI is InChI=1S/C11H19N3OS/c1-8(2)10(13-11(12-5)16-6)14(7-15)9(3)4/h7,9H,1H2,2-6H3/b12-11?,13-10+. The van der Waals surface area contributed by atoms with Crippen molar-refractivity contribution in [3.63, 3.8) is 0 Å². The predicted molar refractivity (Wildman–Crippen MR) is 72.2 cm³/mol. The maximum Gasteiger partial charge on any atom is 0.215 e. The third-order valence-corrected chi connectivity index (χ3v) is 2.51. The van der Waals surface area contributed by atoms with Crippen LogP contribution in [-0.4, -0.2) is 41.7 Å². The Morgan fingerprint density at radius 2 is 2.06 bits per heavy atom. The lowest BCUT2D eigenvalue weighted by Crippen LogP contribution is -2.36. The summed E-state index contributed by atoms with van der Waals surface area (Å²) in [6.07, 6.45) is 2.66. The molecule has 0 rings (SSSR count). The van der Waals surface area contributed by atoms with E-state index in [4.69, 9.17) is 0 Å². The van der Waals surface area contributed by atoms with E-state index in [9.17, 15) is 4.79 Å². The van der Waals surface area contributed by atoms with Crippen LogP contribution in [0.25, 0.3) is 0 Å². The summed E-state index contributed by atoms with van der Waals surface area (Å²) in [5.74, 6) is 0.569. The van der Waals surface area contributed by atoms with Crippen LogP contribution < -0.4 is 0 Å². The van der Waals surface area contributed by atoms with E-state index in [1.165, 1.54) is 11.8 Å². The van der Waals surface area contributed by atoms with Crippen molar-refractivity contribution in [3.8, 4) is 0 Å². The van der Waals surface area contributed by atoms with Crippen LogP contribution in [0.4, 0.5) is 0 Å². The Balaban J connectivity index is 5.29. The first-order chi connectivity index (χ1) is 7.47. The molecule has 16 heavy (non-hydrogen) atoms. The molecule has 0 atom stereocenters. The van der Waals surface area contributed by atoms with Crippen molar-refractivity contribution in [2.75, 3.05) is 13.3 Å². The Morgan fingerprint density at radius 1 is 1.50 bits per heavy atom. The van der Waals surface area contributed by atoms with Crippen molar-refractivity contribution in [1.29, 1.82) is 0 Å². The molecular formula is C11H19N3OS. The van der Waals surface area contributed by atoms with E-state index in [0.717, 1.165) is 12.0 Å². The highest BCUT2D eigenvalue weighted by Gasteiger charge is 2.15. The van der Waals surface area contributed by atoms with E-state index in [0.29, 0.717) is 11.0 Å². The normalized spacial score (nSPS) is 12.9. The molecule has 0 unspecified atom stereocenters.